The number of halogens is 3. The maximum absolute atomic E-state index is 15.4. The number of ether oxygens (including phenoxy) is 2. The van der Waals surface area contributed by atoms with Gasteiger partial charge in [0.25, 0.3) is 5.91 Å². The van der Waals surface area contributed by atoms with Crippen LogP contribution in [0.25, 0.3) is 0 Å². The van der Waals surface area contributed by atoms with Gasteiger partial charge in [-0.05, 0) is 71.9 Å². The van der Waals surface area contributed by atoms with E-state index in [4.69, 9.17) is 15.2 Å². The molecule has 0 saturated carbocycles. The summed E-state index contributed by atoms with van der Waals surface area (Å²) in [6.45, 7) is 8.93. The van der Waals surface area contributed by atoms with Gasteiger partial charge in [0, 0.05) is 5.69 Å². The lowest BCUT2D eigenvalue weighted by molar-refractivity contribution is 0.0427. The molecule has 0 aliphatic carbocycles. The van der Waals surface area contributed by atoms with Crippen molar-refractivity contribution in [3.8, 4) is 0 Å². The zero-order valence-electron chi connectivity index (χ0n) is 19.6. The van der Waals surface area contributed by atoms with Gasteiger partial charge in [0.2, 0.25) is 0 Å². The summed E-state index contributed by atoms with van der Waals surface area (Å²) >= 11 is 0. The fourth-order valence-electron chi connectivity index (χ4n) is 2.62. The van der Waals surface area contributed by atoms with E-state index < -0.39 is 63.7 Å². The van der Waals surface area contributed by atoms with Crippen LogP contribution in [0.15, 0.2) is 30.3 Å². The van der Waals surface area contributed by atoms with Crippen molar-refractivity contribution in [2.45, 2.75) is 52.7 Å². The highest BCUT2D eigenvalue weighted by Gasteiger charge is 2.37. The van der Waals surface area contributed by atoms with Gasteiger partial charge in [0.15, 0.2) is 11.6 Å². The van der Waals surface area contributed by atoms with Crippen LogP contribution in [0.1, 0.15) is 51.9 Å². The molecule has 2 aromatic rings. The number of hydrogen-bond acceptors (Lipinski definition) is 6. The van der Waals surface area contributed by atoms with Crippen molar-refractivity contribution < 1.29 is 37.0 Å². The zero-order valence-corrected chi connectivity index (χ0v) is 19.6. The van der Waals surface area contributed by atoms with Gasteiger partial charge in [0.05, 0.1) is 11.3 Å². The molecular formula is C23H26F3N3O5. The van der Waals surface area contributed by atoms with E-state index in [1.807, 2.05) is 0 Å². The van der Waals surface area contributed by atoms with Gasteiger partial charge < -0.3 is 20.5 Å². The third-order valence-electron chi connectivity index (χ3n) is 3.93. The van der Waals surface area contributed by atoms with Gasteiger partial charge in [-0.25, -0.2) is 22.8 Å². The molecule has 184 valence electrons. The summed E-state index contributed by atoms with van der Waals surface area (Å²) in [6, 6.07) is 4.76. The number of nitrogen functional groups attached to an aromatic ring is 1. The normalized spacial score (nSPS) is 11.6. The molecule has 0 spiro atoms. The molecule has 0 atom stereocenters. The Morgan fingerprint density at radius 1 is 0.853 bits per heavy atom. The highest BCUT2D eigenvalue weighted by Crippen LogP contribution is 2.32. The average molecular weight is 481 g/mol. The first-order valence-corrected chi connectivity index (χ1v) is 10.1. The summed E-state index contributed by atoms with van der Waals surface area (Å²) in [7, 11) is 0. The predicted molar refractivity (Wildman–Crippen MR) is 120 cm³/mol. The molecular weight excluding hydrogens is 455 g/mol. The number of hydrogen-bond donors (Lipinski definition) is 2. The van der Waals surface area contributed by atoms with E-state index in [2.05, 4.69) is 5.32 Å². The van der Waals surface area contributed by atoms with Crippen molar-refractivity contribution in [3.63, 3.8) is 0 Å². The van der Waals surface area contributed by atoms with Crippen LogP contribution in [0.4, 0.5) is 39.8 Å². The Morgan fingerprint density at radius 3 is 1.85 bits per heavy atom. The van der Waals surface area contributed by atoms with Crippen LogP contribution < -0.4 is 16.0 Å². The van der Waals surface area contributed by atoms with Crippen molar-refractivity contribution in [2.24, 2.45) is 0 Å². The summed E-state index contributed by atoms with van der Waals surface area (Å²) < 4.78 is 54.4. The summed E-state index contributed by atoms with van der Waals surface area (Å²) in [5.41, 5.74) is 1.11. The molecule has 0 unspecified atom stereocenters. The van der Waals surface area contributed by atoms with Gasteiger partial charge in [-0.3, -0.25) is 4.79 Å². The number of carbonyl (C=O) groups is 3. The minimum absolute atomic E-state index is 0.0535. The van der Waals surface area contributed by atoms with Crippen molar-refractivity contribution >= 4 is 35.2 Å². The highest BCUT2D eigenvalue weighted by atomic mass is 19.1. The molecule has 2 rings (SSSR count). The number of nitrogens with two attached hydrogens (primary N) is 1. The molecule has 11 heteroatoms. The van der Waals surface area contributed by atoms with Crippen molar-refractivity contribution in [3.05, 3.63) is 53.3 Å². The molecule has 3 N–H and O–H groups in total. The minimum atomic E-state index is -1.49. The van der Waals surface area contributed by atoms with E-state index in [1.54, 1.807) is 0 Å². The fourth-order valence-corrected chi connectivity index (χ4v) is 2.62. The quantitative estimate of drug-likeness (QED) is 0.551. The smallest absolute Gasteiger partial charge is 0.424 e. The van der Waals surface area contributed by atoms with Gasteiger partial charge >= 0.3 is 12.2 Å². The number of rotatable bonds is 3. The summed E-state index contributed by atoms with van der Waals surface area (Å²) in [5, 5.41) is 2.08. The second kappa shape index (κ2) is 9.62. The van der Waals surface area contributed by atoms with Gasteiger partial charge in [-0.2, -0.15) is 4.90 Å². The molecule has 3 amide bonds. The van der Waals surface area contributed by atoms with Crippen molar-refractivity contribution in [1.82, 2.24) is 0 Å². The van der Waals surface area contributed by atoms with E-state index in [0.717, 1.165) is 18.2 Å². The van der Waals surface area contributed by atoms with Crippen LogP contribution >= 0.6 is 0 Å². The Bertz CT molecular complexity index is 1100. The highest BCUT2D eigenvalue weighted by molar-refractivity contribution is 6.11. The molecule has 0 aromatic heterocycles. The van der Waals surface area contributed by atoms with Crippen LogP contribution in [0.5, 0.6) is 0 Å². The number of nitrogens with zero attached hydrogens (tertiary/aromatic N) is 1. The van der Waals surface area contributed by atoms with Crippen LogP contribution in [-0.4, -0.2) is 29.3 Å². The molecule has 0 radical (unpaired) electrons. The molecule has 0 heterocycles. The number of nitrogens with one attached hydrogen (secondary N) is 1. The summed E-state index contributed by atoms with van der Waals surface area (Å²) in [5.74, 6) is -4.84. The maximum atomic E-state index is 15.4. The predicted octanol–water partition coefficient (Wildman–Crippen LogP) is 5.62. The second-order valence-electron chi connectivity index (χ2n) is 9.25. The maximum Gasteiger partial charge on any atom is 0.424 e. The number of benzene rings is 2. The first-order valence-electron chi connectivity index (χ1n) is 10.1. The van der Waals surface area contributed by atoms with Crippen LogP contribution in [0.3, 0.4) is 0 Å². The van der Waals surface area contributed by atoms with E-state index >= 15 is 4.39 Å². The first-order chi connectivity index (χ1) is 15.5. The van der Waals surface area contributed by atoms with Crippen LogP contribution in [-0.2, 0) is 9.47 Å². The lowest BCUT2D eigenvalue weighted by atomic mass is 10.1. The Morgan fingerprint density at radius 2 is 1.35 bits per heavy atom. The topological polar surface area (TPSA) is 111 Å². The average Bonchev–Trinajstić information content (AvgIpc) is 2.66. The Kier molecular flexibility index (Phi) is 7.49. The first kappa shape index (κ1) is 26.5. The van der Waals surface area contributed by atoms with Crippen LogP contribution in [0, 0.1) is 17.5 Å². The van der Waals surface area contributed by atoms with E-state index in [9.17, 15) is 23.2 Å². The number of anilines is 3. The molecule has 0 saturated heterocycles. The monoisotopic (exact) mass is 481 g/mol. The van der Waals surface area contributed by atoms with Gasteiger partial charge in [-0.15, -0.1) is 0 Å². The summed E-state index contributed by atoms with van der Waals surface area (Å²) in [6.07, 6.45) is -2.82. The SMILES string of the molecule is CC(C)(C)OC(=O)N(C(=O)OC(C)(C)C)c1c(F)ccc(NC(=O)c2cc(N)ccc2F)c1F. The van der Waals surface area contributed by atoms with E-state index in [1.165, 1.54) is 47.6 Å². The number of amides is 3. The fraction of sp³-hybridized carbons (Fsp3) is 0.348. The largest absolute Gasteiger partial charge is 0.443 e. The molecule has 8 nitrogen and oxygen atoms in total. The zero-order chi connectivity index (χ0) is 26.0. The molecule has 0 aliphatic rings. The minimum Gasteiger partial charge on any atom is -0.443 e. The number of carbonyl (C=O) groups excluding carboxylic acids is 3. The van der Waals surface area contributed by atoms with Crippen molar-refractivity contribution in [1.29, 1.82) is 0 Å². The lowest BCUT2D eigenvalue weighted by Gasteiger charge is -2.29. The van der Waals surface area contributed by atoms with Crippen LogP contribution in [0.2, 0.25) is 0 Å². The lowest BCUT2D eigenvalue weighted by Crippen LogP contribution is -2.44. The van der Waals surface area contributed by atoms with E-state index in [0.29, 0.717) is 6.07 Å². The Labute approximate surface area is 194 Å². The Hall–Kier alpha value is -3.76. The van der Waals surface area contributed by atoms with Gasteiger partial charge in [-0.1, -0.05) is 0 Å². The Balaban J connectivity index is 2.55. The number of imide groups is 1. The second-order valence-corrected chi connectivity index (χ2v) is 9.25. The van der Waals surface area contributed by atoms with E-state index in [-0.39, 0.29) is 10.6 Å². The molecule has 0 fully saturated rings. The van der Waals surface area contributed by atoms with Gasteiger partial charge in [0.1, 0.15) is 22.7 Å². The van der Waals surface area contributed by atoms with Crippen molar-refractivity contribution in [2.75, 3.05) is 16.0 Å². The summed E-state index contributed by atoms with van der Waals surface area (Å²) in [4.78, 5) is 38.0. The standard InChI is InChI=1S/C23H26F3N3O5/c1-22(2,3)33-20(31)29(21(32)34-23(4,5)6)18-15(25)9-10-16(17(18)26)28-19(30)13-11-12(27)7-8-14(13)24/h7-11H,27H2,1-6H3,(H,28,30). The molecule has 0 aliphatic heterocycles. The third-order valence-corrected chi connectivity index (χ3v) is 3.93. The molecule has 2 aromatic carbocycles. The molecule has 34 heavy (non-hydrogen) atoms. The molecule has 0 bridgehead atoms. The third kappa shape index (κ3) is 6.63.